The molecule has 0 fully saturated rings. The van der Waals surface area contributed by atoms with E-state index in [0.29, 0.717) is 6.61 Å². The summed E-state index contributed by atoms with van der Waals surface area (Å²) in [5.41, 5.74) is 0.228. The Morgan fingerprint density at radius 3 is 2.21 bits per heavy atom. The fourth-order valence-corrected chi connectivity index (χ4v) is 2.32. The van der Waals surface area contributed by atoms with Gasteiger partial charge in [0.25, 0.3) is 0 Å². The molecule has 0 heterocycles. The van der Waals surface area contributed by atoms with Crippen LogP contribution in [0.3, 0.4) is 0 Å². The van der Waals surface area contributed by atoms with Gasteiger partial charge in [-0.1, -0.05) is 26.7 Å². The van der Waals surface area contributed by atoms with Gasteiger partial charge in [-0.2, -0.15) is 11.8 Å². The molecule has 1 atom stereocenters. The topological polar surface area (TPSA) is 20.2 Å². The van der Waals surface area contributed by atoms with Crippen molar-refractivity contribution in [2.24, 2.45) is 5.41 Å². The molecule has 0 saturated carbocycles. The molecule has 0 saturated heterocycles. The van der Waals surface area contributed by atoms with Gasteiger partial charge < -0.3 is 5.11 Å². The van der Waals surface area contributed by atoms with Crippen molar-refractivity contribution < 1.29 is 5.11 Å². The quantitative estimate of drug-likeness (QED) is 0.595. The third-order valence-electron chi connectivity index (χ3n) is 3.20. The second-order valence-corrected chi connectivity index (χ2v) is 5.20. The average Bonchev–Trinajstić information content (AvgIpc) is 2.24. The molecule has 1 unspecified atom stereocenters. The summed E-state index contributed by atoms with van der Waals surface area (Å²) < 4.78 is 0. The fraction of sp³-hybridized carbons (Fsp3) is 1.00. The van der Waals surface area contributed by atoms with Crippen molar-refractivity contribution in [1.29, 1.82) is 0 Å². The van der Waals surface area contributed by atoms with Crippen molar-refractivity contribution >= 4 is 11.8 Å². The molecule has 0 spiro atoms. The second kappa shape index (κ2) is 8.60. The molecular formula is C12H26OS. The number of aliphatic hydroxyl groups excluding tert-OH is 1. The van der Waals surface area contributed by atoms with Crippen LogP contribution in [0.2, 0.25) is 0 Å². The maximum Gasteiger partial charge on any atom is 0.0487 e. The van der Waals surface area contributed by atoms with E-state index in [4.69, 9.17) is 0 Å². The molecule has 2 heteroatoms. The predicted octanol–water partition coefficient (Wildman–Crippen LogP) is 3.71. The van der Waals surface area contributed by atoms with Crippen LogP contribution in [0.4, 0.5) is 0 Å². The first-order valence-corrected chi connectivity index (χ1v) is 7.24. The SMILES string of the molecule is CCCCC(CC)(CO)CCCSC. The standard InChI is InChI=1S/C12H26OS/c1-4-6-8-12(5-2,11-13)9-7-10-14-3/h13H,4-11H2,1-3H3. The van der Waals surface area contributed by atoms with Gasteiger partial charge in [0.1, 0.15) is 0 Å². The largest absolute Gasteiger partial charge is 0.396 e. The zero-order valence-electron chi connectivity index (χ0n) is 10.0. The Hall–Kier alpha value is 0.310. The molecule has 86 valence electrons. The minimum Gasteiger partial charge on any atom is -0.396 e. The monoisotopic (exact) mass is 218 g/mol. The Bertz CT molecular complexity index is 121. The molecule has 0 aromatic carbocycles. The second-order valence-electron chi connectivity index (χ2n) is 4.21. The lowest BCUT2D eigenvalue weighted by molar-refractivity contribution is 0.0970. The molecule has 0 rings (SSSR count). The Kier molecular flexibility index (Phi) is 8.80. The van der Waals surface area contributed by atoms with E-state index in [1.54, 1.807) is 0 Å². The number of rotatable bonds is 9. The molecule has 0 bridgehead atoms. The number of hydrogen-bond donors (Lipinski definition) is 1. The van der Waals surface area contributed by atoms with Crippen LogP contribution in [-0.4, -0.2) is 23.7 Å². The zero-order chi connectivity index (χ0) is 10.9. The van der Waals surface area contributed by atoms with Crippen molar-refractivity contribution in [3.63, 3.8) is 0 Å². The maximum absolute atomic E-state index is 9.50. The Labute approximate surface area is 93.7 Å². The van der Waals surface area contributed by atoms with Crippen LogP contribution < -0.4 is 0 Å². The first kappa shape index (κ1) is 14.3. The summed E-state index contributed by atoms with van der Waals surface area (Å²) in [6, 6.07) is 0. The lowest BCUT2D eigenvalue weighted by Gasteiger charge is -2.30. The first-order chi connectivity index (χ1) is 6.74. The lowest BCUT2D eigenvalue weighted by Crippen LogP contribution is -2.24. The van der Waals surface area contributed by atoms with Crippen LogP contribution in [0.1, 0.15) is 52.4 Å². The highest BCUT2D eigenvalue weighted by molar-refractivity contribution is 7.98. The maximum atomic E-state index is 9.50. The van der Waals surface area contributed by atoms with Gasteiger partial charge in [0, 0.05) is 6.61 Å². The van der Waals surface area contributed by atoms with Gasteiger partial charge in [-0.05, 0) is 43.1 Å². The summed E-state index contributed by atoms with van der Waals surface area (Å²) in [4.78, 5) is 0. The summed E-state index contributed by atoms with van der Waals surface area (Å²) in [6.07, 6.45) is 9.42. The van der Waals surface area contributed by atoms with Crippen molar-refractivity contribution in [3.8, 4) is 0 Å². The van der Waals surface area contributed by atoms with E-state index in [0.717, 1.165) is 6.42 Å². The van der Waals surface area contributed by atoms with Gasteiger partial charge in [-0.3, -0.25) is 0 Å². The van der Waals surface area contributed by atoms with E-state index in [-0.39, 0.29) is 5.41 Å². The number of thioether (sulfide) groups is 1. The smallest absolute Gasteiger partial charge is 0.0487 e. The van der Waals surface area contributed by atoms with Gasteiger partial charge in [0.15, 0.2) is 0 Å². The van der Waals surface area contributed by atoms with Gasteiger partial charge in [0.2, 0.25) is 0 Å². The Balaban J connectivity index is 3.94. The molecular weight excluding hydrogens is 192 g/mol. The van der Waals surface area contributed by atoms with Crippen molar-refractivity contribution in [3.05, 3.63) is 0 Å². The minimum atomic E-state index is 0.228. The Morgan fingerprint density at radius 1 is 1.14 bits per heavy atom. The summed E-state index contributed by atoms with van der Waals surface area (Å²) in [7, 11) is 0. The van der Waals surface area contributed by atoms with E-state index in [2.05, 4.69) is 20.1 Å². The van der Waals surface area contributed by atoms with Crippen molar-refractivity contribution in [1.82, 2.24) is 0 Å². The van der Waals surface area contributed by atoms with E-state index >= 15 is 0 Å². The molecule has 0 aliphatic heterocycles. The molecule has 0 aromatic heterocycles. The average molecular weight is 218 g/mol. The number of hydrogen-bond acceptors (Lipinski definition) is 2. The van der Waals surface area contributed by atoms with Gasteiger partial charge in [0.05, 0.1) is 0 Å². The van der Waals surface area contributed by atoms with E-state index < -0.39 is 0 Å². The van der Waals surface area contributed by atoms with Crippen LogP contribution in [0, 0.1) is 5.41 Å². The van der Waals surface area contributed by atoms with E-state index in [9.17, 15) is 5.11 Å². The Morgan fingerprint density at radius 2 is 1.79 bits per heavy atom. The van der Waals surface area contributed by atoms with E-state index in [1.165, 1.54) is 37.9 Å². The van der Waals surface area contributed by atoms with Crippen molar-refractivity contribution in [2.45, 2.75) is 52.4 Å². The summed E-state index contributed by atoms with van der Waals surface area (Å²) in [5, 5.41) is 9.50. The molecule has 14 heavy (non-hydrogen) atoms. The third-order valence-corrected chi connectivity index (χ3v) is 3.90. The van der Waals surface area contributed by atoms with Gasteiger partial charge >= 0.3 is 0 Å². The highest BCUT2D eigenvalue weighted by Crippen LogP contribution is 2.33. The molecule has 0 amide bonds. The molecule has 1 N–H and O–H groups in total. The summed E-state index contributed by atoms with van der Waals surface area (Å²) in [6.45, 7) is 4.81. The van der Waals surface area contributed by atoms with E-state index in [1.807, 2.05) is 11.8 Å². The molecule has 0 aliphatic carbocycles. The molecule has 0 aromatic rings. The summed E-state index contributed by atoms with van der Waals surface area (Å²) in [5.74, 6) is 1.23. The highest BCUT2D eigenvalue weighted by Gasteiger charge is 2.25. The van der Waals surface area contributed by atoms with Gasteiger partial charge in [-0.15, -0.1) is 0 Å². The number of unbranched alkanes of at least 4 members (excludes halogenated alkanes) is 1. The van der Waals surface area contributed by atoms with Gasteiger partial charge in [-0.25, -0.2) is 0 Å². The van der Waals surface area contributed by atoms with Crippen LogP contribution in [0.15, 0.2) is 0 Å². The van der Waals surface area contributed by atoms with Crippen LogP contribution in [0.5, 0.6) is 0 Å². The fourth-order valence-electron chi connectivity index (χ4n) is 1.89. The summed E-state index contributed by atoms with van der Waals surface area (Å²) >= 11 is 1.91. The number of aliphatic hydroxyl groups is 1. The molecule has 1 nitrogen and oxygen atoms in total. The zero-order valence-corrected chi connectivity index (χ0v) is 10.8. The van der Waals surface area contributed by atoms with Crippen molar-refractivity contribution in [2.75, 3.05) is 18.6 Å². The highest BCUT2D eigenvalue weighted by atomic mass is 32.2. The van der Waals surface area contributed by atoms with Crippen LogP contribution in [0.25, 0.3) is 0 Å². The molecule has 0 aliphatic rings. The third kappa shape index (κ3) is 5.26. The van der Waals surface area contributed by atoms with Crippen LogP contribution >= 0.6 is 11.8 Å². The van der Waals surface area contributed by atoms with Crippen LogP contribution in [-0.2, 0) is 0 Å². The first-order valence-electron chi connectivity index (χ1n) is 5.84. The lowest BCUT2D eigenvalue weighted by atomic mass is 9.77. The minimum absolute atomic E-state index is 0.228. The molecule has 0 radical (unpaired) electrons. The normalized spacial score (nSPS) is 15.4. The predicted molar refractivity (Wildman–Crippen MR) is 67.0 cm³/mol.